The predicted molar refractivity (Wildman–Crippen MR) is 95.7 cm³/mol. The monoisotopic (exact) mass is 361 g/mol. The minimum Gasteiger partial charge on any atom is -0.384 e. The van der Waals surface area contributed by atoms with Crippen LogP contribution < -0.4 is 5.32 Å². The molecule has 3 heterocycles. The van der Waals surface area contributed by atoms with Gasteiger partial charge in [0.05, 0.1) is 19.2 Å². The van der Waals surface area contributed by atoms with E-state index in [9.17, 15) is 4.79 Å². The third kappa shape index (κ3) is 3.96. The topological polar surface area (TPSA) is 85.4 Å². The highest BCUT2D eigenvalue weighted by Gasteiger charge is 2.28. The maximum Gasteiger partial charge on any atom is 0.267 e. The highest BCUT2D eigenvalue weighted by Crippen LogP contribution is 2.32. The van der Waals surface area contributed by atoms with Crippen LogP contribution in [0.3, 0.4) is 0 Å². The van der Waals surface area contributed by atoms with Gasteiger partial charge >= 0.3 is 0 Å². The molecule has 1 amide bonds. The average molecular weight is 361 g/mol. The first-order chi connectivity index (χ1) is 12.6. The number of rotatable bonds is 7. The summed E-state index contributed by atoms with van der Waals surface area (Å²) in [4.78, 5) is 18.8. The van der Waals surface area contributed by atoms with E-state index in [1.807, 2.05) is 23.7 Å². The van der Waals surface area contributed by atoms with Gasteiger partial charge in [0, 0.05) is 33.3 Å². The number of piperidine rings is 1. The standard InChI is InChI=1S/C18H27N5O3/c1-19-18(24)15-8-7-13(22(15)2)14-6-4-5-10-23(14)12-17-20-16(21-26-17)9-11-25-3/h7-8,14H,4-6,9-12H2,1-3H3,(H,19,24). The van der Waals surface area contributed by atoms with Gasteiger partial charge in [-0.05, 0) is 31.5 Å². The number of hydrogen-bond acceptors (Lipinski definition) is 6. The first kappa shape index (κ1) is 18.6. The Balaban J connectivity index is 1.75. The summed E-state index contributed by atoms with van der Waals surface area (Å²) in [5.74, 6) is 1.24. The van der Waals surface area contributed by atoms with Gasteiger partial charge in [0.1, 0.15) is 5.69 Å². The molecule has 1 aliphatic rings. The van der Waals surface area contributed by atoms with Crippen molar-refractivity contribution < 1.29 is 14.1 Å². The van der Waals surface area contributed by atoms with Gasteiger partial charge in [-0.25, -0.2) is 0 Å². The highest BCUT2D eigenvalue weighted by molar-refractivity contribution is 5.92. The molecule has 1 N–H and O–H groups in total. The highest BCUT2D eigenvalue weighted by atomic mass is 16.5. The lowest BCUT2D eigenvalue weighted by atomic mass is 9.99. The Hall–Kier alpha value is -2.19. The molecule has 2 aromatic rings. The minimum absolute atomic E-state index is 0.0687. The van der Waals surface area contributed by atoms with E-state index in [4.69, 9.17) is 9.26 Å². The molecule has 142 valence electrons. The second-order valence-corrected chi connectivity index (χ2v) is 6.61. The maximum absolute atomic E-state index is 12.0. The van der Waals surface area contributed by atoms with Crippen molar-refractivity contribution in [3.8, 4) is 0 Å². The lowest BCUT2D eigenvalue weighted by molar-refractivity contribution is 0.0950. The molecule has 1 aliphatic heterocycles. The molecule has 26 heavy (non-hydrogen) atoms. The van der Waals surface area contributed by atoms with E-state index in [1.54, 1.807) is 14.2 Å². The Morgan fingerprint density at radius 1 is 1.42 bits per heavy atom. The zero-order chi connectivity index (χ0) is 18.5. The first-order valence-corrected chi connectivity index (χ1v) is 9.06. The van der Waals surface area contributed by atoms with E-state index >= 15 is 0 Å². The second-order valence-electron chi connectivity index (χ2n) is 6.61. The Morgan fingerprint density at radius 2 is 2.27 bits per heavy atom. The summed E-state index contributed by atoms with van der Waals surface area (Å²) < 4.78 is 12.5. The number of carbonyl (C=O) groups is 1. The first-order valence-electron chi connectivity index (χ1n) is 9.06. The summed E-state index contributed by atoms with van der Waals surface area (Å²) in [7, 11) is 5.26. The normalized spacial score (nSPS) is 18.2. The van der Waals surface area contributed by atoms with Gasteiger partial charge in [-0.1, -0.05) is 11.6 Å². The van der Waals surface area contributed by atoms with E-state index in [0.29, 0.717) is 37.0 Å². The van der Waals surface area contributed by atoms with E-state index in [-0.39, 0.29) is 11.9 Å². The summed E-state index contributed by atoms with van der Waals surface area (Å²) in [6.07, 6.45) is 4.02. The van der Waals surface area contributed by atoms with Crippen LogP contribution in [-0.2, 0) is 24.8 Å². The number of methoxy groups -OCH3 is 1. The van der Waals surface area contributed by atoms with Crippen molar-refractivity contribution in [2.45, 2.75) is 38.3 Å². The van der Waals surface area contributed by atoms with Gasteiger partial charge in [0.15, 0.2) is 5.82 Å². The summed E-state index contributed by atoms with van der Waals surface area (Å²) in [5.41, 5.74) is 1.81. The van der Waals surface area contributed by atoms with E-state index in [2.05, 4.69) is 20.4 Å². The van der Waals surface area contributed by atoms with Crippen molar-refractivity contribution in [1.29, 1.82) is 0 Å². The van der Waals surface area contributed by atoms with Crippen LogP contribution in [0.1, 0.15) is 53.2 Å². The van der Waals surface area contributed by atoms with Crippen LogP contribution in [0.25, 0.3) is 0 Å². The zero-order valence-corrected chi connectivity index (χ0v) is 15.7. The number of likely N-dealkylation sites (tertiary alicyclic amines) is 1. The Morgan fingerprint density at radius 3 is 3.04 bits per heavy atom. The SMILES string of the molecule is CNC(=O)c1ccc(C2CCCCN2Cc2nc(CCOC)no2)n1C. The lowest BCUT2D eigenvalue weighted by Crippen LogP contribution is -2.34. The zero-order valence-electron chi connectivity index (χ0n) is 15.7. The number of hydrogen-bond donors (Lipinski definition) is 1. The number of aromatic nitrogens is 3. The minimum atomic E-state index is -0.0687. The molecule has 0 bridgehead atoms. The molecule has 0 saturated carbocycles. The van der Waals surface area contributed by atoms with Crippen molar-refractivity contribution in [2.75, 3.05) is 27.3 Å². The fourth-order valence-corrected chi connectivity index (χ4v) is 3.56. The molecule has 0 radical (unpaired) electrons. The predicted octanol–water partition coefficient (Wildman–Crippen LogP) is 1.68. The third-order valence-electron chi connectivity index (χ3n) is 4.95. The Bertz CT molecular complexity index is 739. The van der Waals surface area contributed by atoms with Crippen molar-refractivity contribution in [2.24, 2.45) is 7.05 Å². The summed E-state index contributed by atoms with van der Waals surface area (Å²) >= 11 is 0. The van der Waals surface area contributed by atoms with Crippen LogP contribution in [0.5, 0.6) is 0 Å². The van der Waals surface area contributed by atoms with Gasteiger partial charge in [0.25, 0.3) is 5.91 Å². The molecular weight excluding hydrogens is 334 g/mol. The maximum atomic E-state index is 12.0. The van der Waals surface area contributed by atoms with E-state index < -0.39 is 0 Å². The quantitative estimate of drug-likeness (QED) is 0.808. The van der Waals surface area contributed by atoms with Crippen LogP contribution in [0.2, 0.25) is 0 Å². The number of amides is 1. The molecule has 3 rings (SSSR count). The fourth-order valence-electron chi connectivity index (χ4n) is 3.56. The van der Waals surface area contributed by atoms with Gasteiger partial charge in [0.2, 0.25) is 5.89 Å². The molecular formula is C18H27N5O3. The van der Waals surface area contributed by atoms with Gasteiger partial charge in [-0.15, -0.1) is 0 Å². The average Bonchev–Trinajstić information content (AvgIpc) is 3.26. The molecule has 0 spiro atoms. The van der Waals surface area contributed by atoms with Gasteiger partial charge in [-0.2, -0.15) is 4.98 Å². The van der Waals surface area contributed by atoms with E-state index in [1.165, 1.54) is 6.42 Å². The van der Waals surface area contributed by atoms with Gasteiger partial charge in [-0.3, -0.25) is 9.69 Å². The second kappa shape index (κ2) is 8.46. The number of nitrogens with one attached hydrogen (secondary N) is 1. The van der Waals surface area contributed by atoms with Gasteiger partial charge < -0.3 is 19.1 Å². The lowest BCUT2D eigenvalue weighted by Gasteiger charge is -2.35. The van der Waals surface area contributed by atoms with Crippen molar-refractivity contribution in [3.63, 3.8) is 0 Å². The van der Waals surface area contributed by atoms with Crippen LogP contribution in [-0.4, -0.2) is 52.8 Å². The molecule has 2 aromatic heterocycles. The molecule has 8 nitrogen and oxygen atoms in total. The molecule has 0 aliphatic carbocycles. The largest absolute Gasteiger partial charge is 0.384 e. The summed E-state index contributed by atoms with van der Waals surface area (Å²) in [6, 6.07) is 4.17. The van der Waals surface area contributed by atoms with Crippen LogP contribution in [0, 0.1) is 0 Å². The number of nitrogens with zero attached hydrogens (tertiary/aromatic N) is 4. The van der Waals surface area contributed by atoms with Crippen molar-refractivity contribution in [3.05, 3.63) is 35.2 Å². The molecule has 8 heteroatoms. The van der Waals surface area contributed by atoms with Crippen LogP contribution in [0.15, 0.2) is 16.7 Å². The number of carbonyl (C=O) groups excluding carboxylic acids is 1. The Labute approximate surface area is 153 Å². The fraction of sp³-hybridized carbons (Fsp3) is 0.611. The number of ether oxygens (including phenoxy) is 1. The smallest absolute Gasteiger partial charge is 0.267 e. The Kier molecular flexibility index (Phi) is 6.05. The van der Waals surface area contributed by atoms with Crippen molar-refractivity contribution >= 4 is 5.91 Å². The van der Waals surface area contributed by atoms with Crippen LogP contribution >= 0.6 is 0 Å². The van der Waals surface area contributed by atoms with E-state index in [0.717, 1.165) is 25.1 Å². The molecule has 1 fully saturated rings. The molecule has 1 atom stereocenters. The molecule has 1 saturated heterocycles. The molecule has 0 aromatic carbocycles. The van der Waals surface area contributed by atoms with Crippen molar-refractivity contribution in [1.82, 2.24) is 24.9 Å². The molecule has 1 unspecified atom stereocenters. The summed E-state index contributed by atoms with van der Waals surface area (Å²) in [5, 5.41) is 6.71. The van der Waals surface area contributed by atoms with Crippen LogP contribution in [0.4, 0.5) is 0 Å². The third-order valence-corrected chi connectivity index (χ3v) is 4.95. The summed E-state index contributed by atoms with van der Waals surface area (Å²) in [6.45, 7) is 2.17.